The van der Waals surface area contributed by atoms with Gasteiger partial charge in [0.2, 0.25) is 11.8 Å². The summed E-state index contributed by atoms with van der Waals surface area (Å²) in [6.45, 7) is 2.58. The molecule has 1 aromatic heterocycles. The normalized spacial score (nSPS) is 17.8. The summed E-state index contributed by atoms with van der Waals surface area (Å²) in [5.74, 6) is -1.23. The molecule has 7 nitrogen and oxygen atoms in total. The molecule has 0 aromatic carbocycles. The molecule has 1 atom stereocenters. The highest BCUT2D eigenvalue weighted by Crippen LogP contribution is 2.22. The van der Waals surface area contributed by atoms with Gasteiger partial charge < -0.3 is 19.3 Å². The third-order valence-corrected chi connectivity index (χ3v) is 3.62. The number of furan rings is 1. The van der Waals surface area contributed by atoms with E-state index >= 15 is 0 Å². The van der Waals surface area contributed by atoms with Crippen LogP contribution in [0, 0.1) is 5.92 Å². The van der Waals surface area contributed by atoms with E-state index in [1.807, 2.05) is 6.92 Å². The monoisotopic (exact) mass is 308 g/mol. The van der Waals surface area contributed by atoms with Gasteiger partial charge in [-0.2, -0.15) is 0 Å². The lowest BCUT2D eigenvalue weighted by Crippen LogP contribution is -2.41. The summed E-state index contributed by atoms with van der Waals surface area (Å²) in [5.41, 5.74) is 0. The van der Waals surface area contributed by atoms with Crippen molar-refractivity contribution >= 4 is 17.8 Å². The number of carbonyl (C=O) groups is 3. The molecule has 2 heterocycles. The molecule has 0 bridgehead atoms. The third-order valence-electron chi connectivity index (χ3n) is 3.62. The summed E-state index contributed by atoms with van der Waals surface area (Å²) in [5, 5.41) is 8.89. The minimum atomic E-state index is -1.04. The Morgan fingerprint density at radius 1 is 1.50 bits per heavy atom. The molecule has 1 aliphatic rings. The van der Waals surface area contributed by atoms with Crippen molar-refractivity contribution < 1.29 is 23.9 Å². The second-order valence-electron chi connectivity index (χ2n) is 5.41. The summed E-state index contributed by atoms with van der Waals surface area (Å²) < 4.78 is 5.21. The maximum atomic E-state index is 12.4. The van der Waals surface area contributed by atoms with E-state index in [0.29, 0.717) is 31.8 Å². The highest BCUT2D eigenvalue weighted by Gasteiger charge is 2.37. The summed E-state index contributed by atoms with van der Waals surface area (Å²) in [6.07, 6.45) is 2.34. The van der Waals surface area contributed by atoms with Crippen molar-refractivity contribution in [3.8, 4) is 0 Å². The van der Waals surface area contributed by atoms with Crippen LogP contribution in [0.25, 0.3) is 0 Å². The van der Waals surface area contributed by atoms with Gasteiger partial charge in [-0.15, -0.1) is 0 Å². The molecule has 2 rings (SSSR count). The van der Waals surface area contributed by atoms with Crippen molar-refractivity contribution in [3.05, 3.63) is 24.2 Å². The highest BCUT2D eigenvalue weighted by molar-refractivity contribution is 5.90. The van der Waals surface area contributed by atoms with Crippen LogP contribution >= 0.6 is 0 Å². The summed E-state index contributed by atoms with van der Waals surface area (Å²) in [4.78, 5) is 38.2. The Bertz CT molecular complexity index is 540. The lowest BCUT2D eigenvalue weighted by atomic mass is 10.1. The summed E-state index contributed by atoms with van der Waals surface area (Å²) in [6, 6.07) is 3.52. The molecule has 0 aliphatic carbocycles. The number of carboxylic acids is 1. The average Bonchev–Trinajstić information content (AvgIpc) is 3.08. The zero-order valence-electron chi connectivity index (χ0n) is 12.5. The number of amides is 2. The van der Waals surface area contributed by atoms with Crippen LogP contribution in [0.1, 0.15) is 25.5 Å². The van der Waals surface area contributed by atoms with Gasteiger partial charge in [-0.25, -0.2) is 0 Å². The van der Waals surface area contributed by atoms with Gasteiger partial charge in [0.1, 0.15) is 12.3 Å². The van der Waals surface area contributed by atoms with Gasteiger partial charge in [-0.3, -0.25) is 14.4 Å². The van der Waals surface area contributed by atoms with Crippen molar-refractivity contribution in [3.63, 3.8) is 0 Å². The Labute approximate surface area is 128 Å². The van der Waals surface area contributed by atoms with Gasteiger partial charge in [0.15, 0.2) is 0 Å². The van der Waals surface area contributed by atoms with Crippen LogP contribution < -0.4 is 0 Å². The second-order valence-corrected chi connectivity index (χ2v) is 5.41. The molecule has 1 N–H and O–H groups in total. The number of carbonyl (C=O) groups excluding carboxylic acids is 2. The van der Waals surface area contributed by atoms with Gasteiger partial charge >= 0.3 is 5.97 Å². The standard InChI is InChI=1S/C15H20N2O5/c1-2-5-16(10-14(19)20)15(21)11-7-13(18)17(8-11)9-12-4-3-6-22-12/h3-4,6,11H,2,5,7-10H2,1H3,(H,19,20)/t11-/m0/s1. The number of nitrogens with zero attached hydrogens (tertiary/aromatic N) is 2. The molecule has 2 amide bonds. The van der Waals surface area contributed by atoms with Crippen LogP contribution in [-0.4, -0.2) is 52.3 Å². The largest absolute Gasteiger partial charge is 0.480 e. The van der Waals surface area contributed by atoms with E-state index in [2.05, 4.69) is 0 Å². The Morgan fingerprint density at radius 2 is 2.27 bits per heavy atom. The molecule has 22 heavy (non-hydrogen) atoms. The number of hydrogen-bond donors (Lipinski definition) is 1. The van der Waals surface area contributed by atoms with Crippen LogP contribution in [0.5, 0.6) is 0 Å². The van der Waals surface area contributed by atoms with E-state index in [1.54, 1.807) is 17.0 Å². The van der Waals surface area contributed by atoms with Gasteiger partial charge in [0.25, 0.3) is 0 Å². The summed E-state index contributed by atoms with van der Waals surface area (Å²) >= 11 is 0. The predicted molar refractivity (Wildman–Crippen MR) is 76.7 cm³/mol. The molecule has 1 aliphatic heterocycles. The minimum absolute atomic E-state index is 0.110. The smallest absolute Gasteiger partial charge is 0.323 e. The molecule has 0 saturated carbocycles. The Balaban J connectivity index is 1.98. The topological polar surface area (TPSA) is 91.1 Å². The number of aliphatic carboxylic acids is 1. The lowest BCUT2D eigenvalue weighted by Gasteiger charge is -2.23. The highest BCUT2D eigenvalue weighted by atomic mass is 16.4. The van der Waals surface area contributed by atoms with Gasteiger partial charge in [0, 0.05) is 19.5 Å². The van der Waals surface area contributed by atoms with E-state index < -0.39 is 11.9 Å². The van der Waals surface area contributed by atoms with Crippen LogP contribution in [0.4, 0.5) is 0 Å². The Hall–Kier alpha value is -2.31. The molecular weight excluding hydrogens is 288 g/mol. The maximum Gasteiger partial charge on any atom is 0.323 e. The fourth-order valence-corrected chi connectivity index (χ4v) is 2.64. The molecule has 0 unspecified atom stereocenters. The number of carboxylic acid groups (broad SMARTS) is 1. The first-order valence-corrected chi connectivity index (χ1v) is 7.32. The quantitative estimate of drug-likeness (QED) is 0.810. The zero-order valence-corrected chi connectivity index (χ0v) is 12.5. The second kappa shape index (κ2) is 7.11. The van der Waals surface area contributed by atoms with Crippen LogP contribution in [0.2, 0.25) is 0 Å². The van der Waals surface area contributed by atoms with Crippen LogP contribution in [0.15, 0.2) is 22.8 Å². The first-order chi connectivity index (χ1) is 10.5. The van der Waals surface area contributed by atoms with Gasteiger partial charge in [-0.05, 0) is 18.6 Å². The zero-order chi connectivity index (χ0) is 16.1. The van der Waals surface area contributed by atoms with E-state index in [4.69, 9.17) is 9.52 Å². The molecular formula is C15H20N2O5. The Kier molecular flexibility index (Phi) is 5.19. The first-order valence-electron chi connectivity index (χ1n) is 7.32. The lowest BCUT2D eigenvalue weighted by molar-refractivity contribution is -0.146. The van der Waals surface area contributed by atoms with Crippen LogP contribution in [0.3, 0.4) is 0 Å². The van der Waals surface area contributed by atoms with Crippen molar-refractivity contribution in [1.29, 1.82) is 0 Å². The first kappa shape index (κ1) is 16.1. The van der Waals surface area contributed by atoms with E-state index in [9.17, 15) is 14.4 Å². The van der Waals surface area contributed by atoms with Crippen molar-refractivity contribution in [2.24, 2.45) is 5.92 Å². The minimum Gasteiger partial charge on any atom is -0.480 e. The van der Waals surface area contributed by atoms with Gasteiger partial charge in [0.05, 0.1) is 18.7 Å². The fraction of sp³-hybridized carbons (Fsp3) is 0.533. The SMILES string of the molecule is CCCN(CC(=O)O)C(=O)[C@H]1CC(=O)N(Cc2ccco2)C1. The number of rotatable bonds is 7. The van der Waals surface area contributed by atoms with E-state index in [0.717, 1.165) is 0 Å². The van der Waals surface area contributed by atoms with Crippen molar-refractivity contribution in [1.82, 2.24) is 9.80 Å². The van der Waals surface area contributed by atoms with Crippen molar-refractivity contribution in [2.75, 3.05) is 19.6 Å². The molecule has 120 valence electrons. The predicted octanol–water partition coefficient (Wildman–Crippen LogP) is 0.951. The molecule has 0 radical (unpaired) electrons. The molecule has 1 aromatic rings. The molecule has 7 heteroatoms. The average molecular weight is 308 g/mol. The van der Waals surface area contributed by atoms with E-state index in [-0.39, 0.29) is 24.8 Å². The van der Waals surface area contributed by atoms with Crippen molar-refractivity contribution in [2.45, 2.75) is 26.3 Å². The number of likely N-dealkylation sites (tertiary alicyclic amines) is 1. The number of hydrogen-bond acceptors (Lipinski definition) is 4. The maximum absolute atomic E-state index is 12.4. The van der Waals surface area contributed by atoms with Gasteiger partial charge in [-0.1, -0.05) is 6.92 Å². The van der Waals surface area contributed by atoms with E-state index in [1.165, 1.54) is 11.2 Å². The molecule has 1 fully saturated rings. The molecule has 1 saturated heterocycles. The Morgan fingerprint density at radius 3 is 2.86 bits per heavy atom. The van der Waals surface area contributed by atoms with Crippen LogP contribution in [-0.2, 0) is 20.9 Å². The molecule has 0 spiro atoms. The summed E-state index contributed by atoms with van der Waals surface area (Å²) in [7, 11) is 0. The fourth-order valence-electron chi connectivity index (χ4n) is 2.64. The third kappa shape index (κ3) is 3.87.